The molecule has 0 unspecified atom stereocenters. The normalized spacial score (nSPS) is 9.59. The molecule has 17 heavy (non-hydrogen) atoms. The van der Waals surface area contributed by atoms with Crippen LogP contribution in [-0.4, -0.2) is 20.8 Å². The minimum absolute atomic E-state index is 0.168. The van der Waals surface area contributed by atoms with Crippen molar-refractivity contribution in [3.05, 3.63) is 42.4 Å². The monoisotopic (exact) mass is 224 g/mol. The summed E-state index contributed by atoms with van der Waals surface area (Å²) in [5.74, 6) is -0.174. The minimum Gasteiger partial charge on any atom is -0.505 e. The molecule has 0 saturated carbocycles. The van der Waals surface area contributed by atoms with Crippen LogP contribution in [0.4, 0.5) is 0 Å². The van der Waals surface area contributed by atoms with Crippen LogP contribution in [0.2, 0.25) is 0 Å². The number of aromatic nitrogens is 2. The molecule has 0 radical (unpaired) electrons. The zero-order valence-corrected chi connectivity index (χ0v) is 8.75. The van der Waals surface area contributed by atoms with Crippen LogP contribution in [0.3, 0.4) is 0 Å². The number of nitriles is 1. The fraction of sp³-hybridized carbons (Fsp3) is 0. The predicted octanol–water partition coefficient (Wildman–Crippen LogP) is 1.74. The molecule has 2 aromatic rings. The van der Waals surface area contributed by atoms with Crippen LogP contribution in [-0.2, 0) is 0 Å². The Kier molecular flexibility index (Phi) is 2.79. The second-order valence-corrected chi connectivity index (χ2v) is 3.28. The number of hydrogen-bond acceptors (Lipinski definition) is 5. The summed E-state index contributed by atoms with van der Waals surface area (Å²) in [6, 6.07) is 6.58. The summed E-state index contributed by atoms with van der Waals surface area (Å²) in [4.78, 5) is 7.96. The maximum absolute atomic E-state index is 9.96. The number of nitrogens with zero attached hydrogens (tertiary/aromatic N) is 3. The molecule has 2 rings (SSSR count). The van der Waals surface area contributed by atoms with Gasteiger partial charge in [0.25, 0.3) is 0 Å². The molecule has 2 heterocycles. The Morgan fingerprint density at radius 2 is 2.18 bits per heavy atom. The zero-order valence-electron chi connectivity index (χ0n) is 8.75. The first kappa shape index (κ1) is 10.8. The highest BCUT2D eigenvalue weighted by molar-refractivity contribution is 6.11. The van der Waals surface area contributed by atoms with E-state index in [9.17, 15) is 5.11 Å². The highest BCUT2D eigenvalue weighted by atomic mass is 16.3. The second kappa shape index (κ2) is 4.41. The first-order valence-corrected chi connectivity index (χ1v) is 4.81. The summed E-state index contributed by atoms with van der Waals surface area (Å²) in [6.45, 7) is 0. The molecule has 0 spiro atoms. The van der Waals surface area contributed by atoms with E-state index in [1.807, 2.05) is 0 Å². The number of aromatic hydroxyl groups is 1. The van der Waals surface area contributed by atoms with E-state index in [2.05, 4.69) is 9.97 Å². The second-order valence-electron chi connectivity index (χ2n) is 3.28. The van der Waals surface area contributed by atoms with Gasteiger partial charge in [-0.1, -0.05) is 0 Å². The highest BCUT2D eigenvalue weighted by Crippen LogP contribution is 2.29. The van der Waals surface area contributed by atoms with E-state index in [1.165, 1.54) is 12.3 Å². The average molecular weight is 224 g/mol. The topological polar surface area (TPSA) is 93.7 Å². The van der Waals surface area contributed by atoms with Gasteiger partial charge in [-0.3, -0.25) is 15.4 Å². The molecule has 5 heteroatoms. The lowest BCUT2D eigenvalue weighted by Gasteiger charge is -2.06. The fourth-order valence-electron chi connectivity index (χ4n) is 1.43. The molecule has 0 saturated heterocycles. The van der Waals surface area contributed by atoms with Gasteiger partial charge in [-0.05, 0) is 18.2 Å². The van der Waals surface area contributed by atoms with Gasteiger partial charge < -0.3 is 5.11 Å². The third kappa shape index (κ3) is 1.96. The van der Waals surface area contributed by atoms with E-state index in [1.54, 1.807) is 30.6 Å². The molecular formula is C12H8N4O. The standard InChI is InChI=1S/C12H8N4O/c13-6-10(14)9-3-5-16-11(12(9)17)8-2-1-4-15-7-8/h1-5,7,14,17H. The van der Waals surface area contributed by atoms with Crippen molar-refractivity contribution in [3.63, 3.8) is 0 Å². The van der Waals surface area contributed by atoms with Crippen LogP contribution < -0.4 is 0 Å². The molecule has 0 amide bonds. The molecule has 5 nitrogen and oxygen atoms in total. The van der Waals surface area contributed by atoms with Crippen molar-refractivity contribution in [3.8, 4) is 23.1 Å². The smallest absolute Gasteiger partial charge is 0.152 e. The van der Waals surface area contributed by atoms with Gasteiger partial charge in [0.05, 0.1) is 5.56 Å². The summed E-state index contributed by atoms with van der Waals surface area (Å²) < 4.78 is 0. The molecule has 0 aliphatic rings. The summed E-state index contributed by atoms with van der Waals surface area (Å²) in [7, 11) is 0. The van der Waals surface area contributed by atoms with E-state index in [4.69, 9.17) is 10.7 Å². The van der Waals surface area contributed by atoms with Crippen LogP contribution in [0.1, 0.15) is 5.56 Å². The minimum atomic E-state index is -0.296. The Balaban J connectivity index is 2.59. The van der Waals surface area contributed by atoms with Crippen molar-refractivity contribution in [2.75, 3.05) is 0 Å². The highest BCUT2D eigenvalue weighted by Gasteiger charge is 2.13. The van der Waals surface area contributed by atoms with Gasteiger partial charge in [0.1, 0.15) is 17.5 Å². The first-order valence-electron chi connectivity index (χ1n) is 4.81. The molecule has 0 fully saturated rings. The van der Waals surface area contributed by atoms with Crippen molar-refractivity contribution in [2.24, 2.45) is 0 Å². The van der Waals surface area contributed by atoms with E-state index in [0.29, 0.717) is 11.3 Å². The maximum atomic E-state index is 9.96. The van der Waals surface area contributed by atoms with E-state index in [-0.39, 0.29) is 17.0 Å². The number of hydrogen-bond donors (Lipinski definition) is 2. The Morgan fingerprint density at radius 1 is 1.35 bits per heavy atom. The van der Waals surface area contributed by atoms with Crippen molar-refractivity contribution >= 4 is 5.71 Å². The van der Waals surface area contributed by atoms with E-state index < -0.39 is 0 Å². The predicted molar refractivity (Wildman–Crippen MR) is 61.6 cm³/mol. The SMILES string of the molecule is N#CC(=N)c1ccnc(-c2cccnc2)c1O. The molecule has 0 bridgehead atoms. The lowest BCUT2D eigenvalue weighted by atomic mass is 10.1. The lowest BCUT2D eigenvalue weighted by molar-refractivity contribution is 0.474. The van der Waals surface area contributed by atoms with Crippen molar-refractivity contribution < 1.29 is 5.11 Å². The van der Waals surface area contributed by atoms with Gasteiger partial charge in [0.2, 0.25) is 0 Å². The van der Waals surface area contributed by atoms with Crippen LogP contribution in [0.5, 0.6) is 5.75 Å². The number of rotatable bonds is 2. The fourth-order valence-corrected chi connectivity index (χ4v) is 1.43. The summed E-state index contributed by atoms with van der Waals surface area (Å²) in [5.41, 5.74) is 0.824. The number of pyridine rings is 2. The van der Waals surface area contributed by atoms with Gasteiger partial charge in [0, 0.05) is 24.2 Å². The van der Waals surface area contributed by atoms with E-state index >= 15 is 0 Å². The van der Waals surface area contributed by atoms with Crippen molar-refractivity contribution in [2.45, 2.75) is 0 Å². The first-order chi connectivity index (χ1) is 8.24. The van der Waals surface area contributed by atoms with Gasteiger partial charge in [0.15, 0.2) is 5.75 Å². The Bertz CT molecular complexity index is 602. The summed E-state index contributed by atoms with van der Waals surface area (Å²) >= 11 is 0. The van der Waals surface area contributed by atoms with Crippen LogP contribution in [0, 0.1) is 16.7 Å². The number of nitrogens with one attached hydrogen (secondary N) is 1. The summed E-state index contributed by atoms with van der Waals surface area (Å²) in [5, 5.41) is 26.0. The Labute approximate surface area is 97.5 Å². The van der Waals surface area contributed by atoms with Crippen molar-refractivity contribution in [1.82, 2.24) is 9.97 Å². The quantitative estimate of drug-likeness (QED) is 0.759. The van der Waals surface area contributed by atoms with Gasteiger partial charge in [-0.25, -0.2) is 0 Å². The van der Waals surface area contributed by atoms with Gasteiger partial charge >= 0.3 is 0 Å². The van der Waals surface area contributed by atoms with Crippen LogP contribution in [0.15, 0.2) is 36.8 Å². The van der Waals surface area contributed by atoms with E-state index in [0.717, 1.165) is 0 Å². The van der Waals surface area contributed by atoms with Crippen LogP contribution >= 0.6 is 0 Å². The Morgan fingerprint density at radius 3 is 2.82 bits per heavy atom. The largest absolute Gasteiger partial charge is 0.505 e. The summed E-state index contributed by atoms with van der Waals surface area (Å²) in [6.07, 6.45) is 4.62. The average Bonchev–Trinajstić information content (AvgIpc) is 2.39. The zero-order chi connectivity index (χ0) is 12.3. The Hall–Kier alpha value is -2.74. The molecule has 0 aliphatic heterocycles. The lowest BCUT2D eigenvalue weighted by Crippen LogP contribution is -1.98. The molecule has 0 aliphatic carbocycles. The molecule has 82 valence electrons. The molecule has 0 aromatic carbocycles. The maximum Gasteiger partial charge on any atom is 0.152 e. The third-order valence-corrected chi connectivity index (χ3v) is 2.24. The van der Waals surface area contributed by atoms with Crippen LogP contribution in [0.25, 0.3) is 11.3 Å². The molecule has 0 atom stereocenters. The van der Waals surface area contributed by atoms with Crippen molar-refractivity contribution in [1.29, 1.82) is 10.7 Å². The van der Waals surface area contributed by atoms with Gasteiger partial charge in [-0.2, -0.15) is 5.26 Å². The molecule has 2 N–H and O–H groups in total. The molecule has 2 aromatic heterocycles. The molecular weight excluding hydrogens is 216 g/mol. The third-order valence-electron chi connectivity index (χ3n) is 2.24. The van der Waals surface area contributed by atoms with Gasteiger partial charge in [-0.15, -0.1) is 0 Å².